The van der Waals surface area contributed by atoms with Crippen LogP contribution in [0, 0.1) is 0 Å². The summed E-state index contributed by atoms with van der Waals surface area (Å²) in [5.74, 6) is -0.571. The van der Waals surface area contributed by atoms with E-state index < -0.39 is 5.91 Å². The van der Waals surface area contributed by atoms with Gasteiger partial charge in [0, 0.05) is 16.8 Å². The van der Waals surface area contributed by atoms with E-state index in [2.05, 4.69) is 0 Å². The molecule has 0 saturated carbocycles. The summed E-state index contributed by atoms with van der Waals surface area (Å²) < 4.78 is 5.54. The number of carbonyl (C=O) groups is 2. The Bertz CT molecular complexity index is 807. The average Bonchev–Trinajstić information content (AvgIpc) is 2.89. The molecule has 1 heterocycles. The predicted molar refractivity (Wildman–Crippen MR) is 92.6 cm³/mol. The van der Waals surface area contributed by atoms with Crippen LogP contribution in [0.4, 0.5) is 5.69 Å². The van der Waals surface area contributed by atoms with Crippen LogP contribution in [-0.4, -0.2) is 24.5 Å². The van der Waals surface area contributed by atoms with E-state index in [4.69, 9.17) is 22.1 Å². The fourth-order valence-corrected chi connectivity index (χ4v) is 3.15. The highest BCUT2D eigenvalue weighted by molar-refractivity contribution is 6.31. The Morgan fingerprint density at radius 1 is 1.29 bits per heavy atom. The van der Waals surface area contributed by atoms with Crippen LogP contribution in [0.1, 0.15) is 22.8 Å². The average molecular weight is 345 g/mol. The largest absolute Gasteiger partial charge is 0.483 e. The molecule has 2 N–H and O–H groups in total. The molecule has 0 bridgehead atoms. The number of ether oxygens (including phenoxy) is 1. The van der Waals surface area contributed by atoms with Gasteiger partial charge in [-0.15, -0.1) is 0 Å². The van der Waals surface area contributed by atoms with Crippen molar-refractivity contribution in [3.63, 3.8) is 0 Å². The van der Waals surface area contributed by atoms with Crippen LogP contribution < -0.4 is 15.4 Å². The van der Waals surface area contributed by atoms with Gasteiger partial charge in [0.2, 0.25) is 0 Å². The molecule has 2 aromatic carbocycles. The maximum atomic E-state index is 12.6. The summed E-state index contributed by atoms with van der Waals surface area (Å²) in [6, 6.07) is 12.4. The second-order valence-corrected chi connectivity index (χ2v) is 6.18. The molecule has 0 saturated heterocycles. The zero-order valence-corrected chi connectivity index (χ0v) is 13.9. The molecule has 0 aromatic heterocycles. The van der Waals surface area contributed by atoms with Gasteiger partial charge >= 0.3 is 0 Å². The number of nitrogens with zero attached hydrogens (tertiary/aromatic N) is 1. The first-order valence-electron chi connectivity index (χ1n) is 7.59. The molecule has 0 aliphatic carbocycles. The molecular formula is C18H17ClN2O3. The molecule has 124 valence electrons. The highest BCUT2D eigenvalue weighted by Crippen LogP contribution is 2.32. The highest BCUT2D eigenvalue weighted by Gasteiger charge is 2.30. The fourth-order valence-electron chi connectivity index (χ4n) is 2.98. The topological polar surface area (TPSA) is 72.6 Å². The quantitative estimate of drug-likeness (QED) is 0.926. The van der Waals surface area contributed by atoms with Gasteiger partial charge in [0.25, 0.3) is 11.8 Å². The lowest BCUT2D eigenvalue weighted by atomic mass is 10.1. The Labute approximate surface area is 145 Å². The van der Waals surface area contributed by atoms with Crippen LogP contribution in [0.15, 0.2) is 42.5 Å². The van der Waals surface area contributed by atoms with Gasteiger partial charge in [-0.1, -0.05) is 29.8 Å². The van der Waals surface area contributed by atoms with Crippen molar-refractivity contribution in [3.8, 4) is 5.75 Å². The van der Waals surface area contributed by atoms with E-state index in [1.807, 2.05) is 31.2 Å². The van der Waals surface area contributed by atoms with E-state index in [1.54, 1.807) is 11.0 Å². The van der Waals surface area contributed by atoms with Gasteiger partial charge in [-0.05, 0) is 43.2 Å². The predicted octanol–water partition coefficient (Wildman–Crippen LogP) is 2.80. The first-order valence-corrected chi connectivity index (χ1v) is 7.97. The number of anilines is 1. The van der Waals surface area contributed by atoms with Crippen molar-refractivity contribution in [2.45, 2.75) is 19.4 Å². The first-order chi connectivity index (χ1) is 11.5. The molecule has 2 amide bonds. The number of fused-ring (bicyclic) bond motifs is 1. The molecule has 0 unspecified atom stereocenters. The summed E-state index contributed by atoms with van der Waals surface area (Å²) in [4.78, 5) is 25.8. The molecular weight excluding hydrogens is 328 g/mol. The van der Waals surface area contributed by atoms with E-state index in [0.29, 0.717) is 5.02 Å². The third kappa shape index (κ3) is 3.08. The van der Waals surface area contributed by atoms with Crippen LogP contribution in [0.5, 0.6) is 5.75 Å². The molecule has 0 spiro atoms. The number of rotatable bonds is 4. The smallest absolute Gasteiger partial charge is 0.265 e. The molecule has 2 aromatic rings. The maximum absolute atomic E-state index is 12.6. The molecule has 0 fully saturated rings. The van der Waals surface area contributed by atoms with Crippen molar-refractivity contribution in [2.24, 2.45) is 5.73 Å². The fraction of sp³-hybridized carbons (Fsp3) is 0.222. The van der Waals surface area contributed by atoms with Crippen LogP contribution in [-0.2, 0) is 11.2 Å². The summed E-state index contributed by atoms with van der Waals surface area (Å²) in [6.07, 6.45) is 0.815. The van der Waals surface area contributed by atoms with Gasteiger partial charge in [0.15, 0.2) is 6.61 Å². The molecule has 5 nitrogen and oxygen atoms in total. The Kier molecular flexibility index (Phi) is 4.44. The van der Waals surface area contributed by atoms with E-state index in [9.17, 15) is 9.59 Å². The van der Waals surface area contributed by atoms with Crippen molar-refractivity contribution in [1.29, 1.82) is 0 Å². The van der Waals surface area contributed by atoms with Crippen molar-refractivity contribution < 1.29 is 14.3 Å². The minimum Gasteiger partial charge on any atom is -0.483 e. The Morgan fingerprint density at radius 3 is 2.79 bits per heavy atom. The number of halogens is 1. The zero-order valence-electron chi connectivity index (χ0n) is 13.2. The monoisotopic (exact) mass is 344 g/mol. The van der Waals surface area contributed by atoms with Gasteiger partial charge in [0.1, 0.15) is 5.75 Å². The molecule has 3 rings (SSSR count). The second kappa shape index (κ2) is 6.53. The van der Waals surface area contributed by atoms with Crippen LogP contribution in [0.2, 0.25) is 5.02 Å². The number of nitrogens with two attached hydrogens (primary N) is 1. The number of carbonyl (C=O) groups excluding carboxylic acids is 2. The minimum atomic E-state index is -0.653. The standard InChI is InChI=1S/C18H17ClN2O3/c1-11-8-12-4-2-3-5-15(12)21(11)17(22)10-24-16-7-6-13(19)9-14(16)18(20)23/h2-7,9,11H,8,10H2,1H3,(H2,20,23)/t11-/m0/s1. The van der Waals surface area contributed by atoms with Gasteiger partial charge in [-0.2, -0.15) is 0 Å². The number of benzene rings is 2. The van der Waals surface area contributed by atoms with Crippen LogP contribution >= 0.6 is 11.6 Å². The Balaban J connectivity index is 1.76. The number of hydrogen-bond acceptors (Lipinski definition) is 3. The van der Waals surface area contributed by atoms with Gasteiger partial charge in [-0.25, -0.2) is 0 Å². The summed E-state index contributed by atoms with van der Waals surface area (Å²) in [5.41, 5.74) is 7.53. The van der Waals surface area contributed by atoms with Crippen molar-refractivity contribution >= 4 is 29.1 Å². The SMILES string of the molecule is C[C@H]1Cc2ccccc2N1C(=O)COc1ccc(Cl)cc1C(N)=O. The van der Waals surface area contributed by atoms with Crippen molar-refractivity contribution in [1.82, 2.24) is 0 Å². The normalized spacial score (nSPS) is 15.9. The summed E-state index contributed by atoms with van der Waals surface area (Å²) >= 11 is 5.86. The lowest BCUT2D eigenvalue weighted by Gasteiger charge is -2.23. The van der Waals surface area contributed by atoms with E-state index in [-0.39, 0.29) is 29.9 Å². The van der Waals surface area contributed by atoms with E-state index in [1.165, 1.54) is 12.1 Å². The number of para-hydroxylation sites is 1. The Hall–Kier alpha value is -2.53. The van der Waals surface area contributed by atoms with Crippen molar-refractivity contribution in [3.05, 3.63) is 58.6 Å². The second-order valence-electron chi connectivity index (χ2n) is 5.74. The third-order valence-corrected chi connectivity index (χ3v) is 4.27. The van der Waals surface area contributed by atoms with Crippen LogP contribution in [0.25, 0.3) is 0 Å². The molecule has 0 radical (unpaired) electrons. The molecule has 1 atom stereocenters. The third-order valence-electron chi connectivity index (χ3n) is 4.03. The lowest BCUT2D eigenvalue weighted by molar-refractivity contribution is -0.120. The Morgan fingerprint density at radius 2 is 2.04 bits per heavy atom. The maximum Gasteiger partial charge on any atom is 0.265 e. The summed E-state index contributed by atoms with van der Waals surface area (Å²) in [6.45, 7) is 1.82. The van der Waals surface area contributed by atoms with Gasteiger partial charge < -0.3 is 15.4 Å². The first kappa shape index (κ1) is 16.3. The number of hydrogen-bond donors (Lipinski definition) is 1. The molecule has 24 heavy (non-hydrogen) atoms. The van der Waals surface area contributed by atoms with Crippen LogP contribution in [0.3, 0.4) is 0 Å². The molecule has 1 aliphatic rings. The van der Waals surface area contributed by atoms with Gasteiger partial charge in [-0.3, -0.25) is 9.59 Å². The van der Waals surface area contributed by atoms with E-state index >= 15 is 0 Å². The number of amides is 2. The van der Waals surface area contributed by atoms with Gasteiger partial charge in [0.05, 0.1) is 5.56 Å². The molecule has 1 aliphatic heterocycles. The van der Waals surface area contributed by atoms with Crippen molar-refractivity contribution in [2.75, 3.05) is 11.5 Å². The minimum absolute atomic E-state index is 0.0688. The molecule has 6 heteroatoms. The van der Waals surface area contributed by atoms with E-state index in [0.717, 1.165) is 17.7 Å². The summed E-state index contributed by atoms with van der Waals surface area (Å²) in [5, 5.41) is 0.379. The zero-order chi connectivity index (χ0) is 17.3. The highest BCUT2D eigenvalue weighted by atomic mass is 35.5. The number of primary amides is 1. The summed E-state index contributed by atoms with van der Waals surface area (Å²) in [7, 11) is 0. The lowest BCUT2D eigenvalue weighted by Crippen LogP contribution is -2.39.